The summed E-state index contributed by atoms with van der Waals surface area (Å²) in [4.78, 5) is 11.5. The van der Waals surface area contributed by atoms with Crippen molar-refractivity contribution in [2.24, 2.45) is 10.8 Å². The quantitative estimate of drug-likeness (QED) is 0.557. The summed E-state index contributed by atoms with van der Waals surface area (Å²) < 4.78 is 0. The predicted octanol–water partition coefficient (Wildman–Crippen LogP) is 4.95. The average Bonchev–Trinajstić information content (AvgIpc) is 2.15. The highest BCUT2D eigenvalue weighted by Gasteiger charge is 2.28. The van der Waals surface area contributed by atoms with Crippen LogP contribution in [-0.4, -0.2) is 13.6 Å². The topological polar surface area (TPSA) is 17.1 Å². The van der Waals surface area contributed by atoms with Gasteiger partial charge in [-0.05, 0) is 25.2 Å². The summed E-state index contributed by atoms with van der Waals surface area (Å²) >= 11 is 0. The number of ketones is 1. The first-order valence-corrected chi connectivity index (χ1v) is 7.22. The second kappa shape index (κ2) is 6.26. The highest BCUT2D eigenvalue weighted by molar-refractivity contribution is 6.14. The van der Waals surface area contributed by atoms with Crippen LogP contribution in [0.4, 0.5) is 0 Å². The van der Waals surface area contributed by atoms with Crippen LogP contribution in [0.2, 0.25) is 5.31 Å². The maximum absolute atomic E-state index is 11.5. The van der Waals surface area contributed by atoms with E-state index in [0.717, 1.165) is 32.1 Å². The van der Waals surface area contributed by atoms with E-state index in [2.05, 4.69) is 27.7 Å². The Balaban J connectivity index is 4.25. The highest BCUT2D eigenvalue weighted by Crippen LogP contribution is 2.42. The summed E-state index contributed by atoms with van der Waals surface area (Å²) in [5.74, 6) is 0.289. The number of rotatable bonds is 8. The standard InChI is InChI=1S/C16H31BO/c1-8-16(7,17)12-14(3,4)10-9-11-15(5,6)13(2)18/h8-12H2,1-7H3. The molecule has 2 heteroatoms. The highest BCUT2D eigenvalue weighted by atomic mass is 16.1. The fourth-order valence-corrected chi connectivity index (χ4v) is 2.49. The first-order chi connectivity index (χ1) is 7.92. The van der Waals surface area contributed by atoms with Crippen molar-refractivity contribution >= 4 is 13.6 Å². The van der Waals surface area contributed by atoms with Gasteiger partial charge in [-0.3, -0.25) is 4.79 Å². The van der Waals surface area contributed by atoms with Gasteiger partial charge in [-0.2, -0.15) is 0 Å². The van der Waals surface area contributed by atoms with Gasteiger partial charge in [0.05, 0.1) is 7.85 Å². The van der Waals surface area contributed by atoms with Crippen LogP contribution < -0.4 is 0 Å². The van der Waals surface area contributed by atoms with E-state index in [1.54, 1.807) is 6.92 Å². The summed E-state index contributed by atoms with van der Waals surface area (Å²) in [6, 6.07) is 0. The first-order valence-electron chi connectivity index (χ1n) is 7.22. The van der Waals surface area contributed by atoms with Crippen LogP contribution in [0, 0.1) is 10.8 Å². The molecule has 0 saturated carbocycles. The molecule has 0 aromatic rings. The lowest BCUT2D eigenvalue weighted by atomic mass is 9.60. The molecule has 0 spiro atoms. The Hall–Kier alpha value is -0.265. The molecular formula is C16H31BO. The number of hydrogen-bond acceptors (Lipinski definition) is 1. The second-order valence-corrected chi connectivity index (χ2v) is 7.64. The zero-order valence-electron chi connectivity index (χ0n) is 13.5. The van der Waals surface area contributed by atoms with Gasteiger partial charge in [0.1, 0.15) is 5.78 Å². The summed E-state index contributed by atoms with van der Waals surface area (Å²) in [5, 5.41) is -0.0698. The Morgan fingerprint density at radius 2 is 1.56 bits per heavy atom. The Morgan fingerprint density at radius 3 is 1.94 bits per heavy atom. The zero-order valence-corrected chi connectivity index (χ0v) is 13.5. The molecular weight excluding hydrogens is 219 g/mol. The molecule has 0 fully saturated rings. The number of hydrogen-bond donors (Lipinski definition) is 0. The fourth-order valence-electron chi connectivity index (χ4n) is 2.49. The normalized spacial score (nSPS) is 16.4. The van der Waals surface area contributed by atoms with E-state index in [1.165, 1.54) is 0 Å². The van der Waals surface area contributed by atoms with Crippen LogP contribution in [0.1, 0.15) is 80.6 Å². The summed E-state index contributed by atoms with van der Waals surface area (Å²) in [5.41, 5.74) is 0.0826. The van der Waals surface area contributed by atoms with E-state index in [-0.39, 0.29) is 21.9 Å². The summed E-state index contributed by atoms with van der Waals surface area (Å²) in [7, 11) is 6.25. The molecule has 0 aromatic heterocycles. The van der Waals surface area contributed by atoms with Gasteiger partial charge in [0.15, 0.2) is 0 Å². The van der Waals surface area contributed by atoms with Crippen molar-refractivity contribution in [3.05, 3.63) is 0 Å². The van der Waals surface area contributed by atoms with Gasteiger partial charge >= 0.3 is 0 Å². The maximum Gasteiger partial charge on any atom is 0.135 e. The SMILES string of the molecule is [B]C(C)(CC)CC(C)(C)CCCC(C)(C)C(C)=O. The number of carbonyl (C=O) groups excluding carboxylic acids is 1. The molecule has 0 bridgehead atoms. The summed E-state index contributed by atoms with van der Waals surface area (Å²) in [6.07, 6.45) is 5.25. The predicted molar refractivity (Wildman–Crippen MR) is 81.1 cm³/mol. The van der Waals surface area contributed by atoms with E-state index in [1.807, 2.05) is 13.8 Å². The molecule has 0 amide bonds. The molecule has 0 saturated heterocycles. The van der Waals surface area contributed by atoms with Crippen LogP contribution in [-0.2, 0) is 4.79 Å². The molecule has 18 heavy (non-hydrogen) atoms. The minimum absolute atomic E-state index is 0.0698. The molecule has 0 aliphatic heterocycles. The van der Waals surface area contributed by atoms with Crippen LogP contribution in [0.25, 0.3) is 0 Å². The molecule has 0 aliphatic carbocycles. The maximum atomic E-state index is 11.5. The van der Waals surface area contributed by atoms with E-state index in [0.29, 0.717) is 0 Å². The van der Waals surface area contributed by atoms with E-state index in [9.17, 15) is 4.79 Å². The Labute approximate surface area is 116 Å². The van der Waals surface area contributed by atoms with Gasteiger partial charge < -0.3 is 0 Å². The molecule has 1 unspecified atom stereocenters. The summed E-state index contributed by atoms with van der Waals surface area (Å²) in [6.45, 7) is 14.6. The van der Waals surface area contributed by atoms with Crippen molar-refractivity contribution in [2.45, 2.75) is 85.9 Å². The minimum Gasteiger partial charge on any atom is -0.299 e. The molecule has 104 valence electrons. The monoisotopic (exact) mass is 250 g/mol. The van der Waals surface area contributed by atoms with Gasteiger partial charge in [-0.1, -0.05) is 66.1 Å². The fraction of sp³-hybridized carbons (Fsp3) is 0.938. The van der Waals surface area contributed by atoms with Crippen molar-refractivity contribution < 1.29 is 4.79 Å². The van der Waals surface area contributed by atoms with E-state index >= 15 is 0 Å². The molecule has 0 aliphatic rings. The molecule has 2 radical (unpaired) electrons. The minimum atomic E-state index is -0.174. The van der Waals surface area contributed by atoms with Gasteiger partial charge in [-0.15, -0.1) is 0 Å². The zero-order chi connectivity index (χ0) is 14.6. The van der Waals surface area contributed by atoms with E-state index < -0.39 is 0 Å². The van der Waals surface area contributed by atoms with Crippen molar-refractivity contribution in [2.75, 3.05) is 0 Å². The van der Waals surface area contributed by atoms with Crippen molar-refractivity contribution in [3.8, 4) is 0 Å². The van der Waals surface area contributed by atoms with Crippen LogP contribution in [0.3, 0.4) is 0 Å². The lowest BCUT2D eigenvalue weighted by Crippen LogP contribution is -2.24. The Bertz CT molecular complexity index is 277. The van der Waals surface area contributed by atoms with Crippen molar-refractivity contribution in [1.29, 1.82) is 0 Å². The number of Topliss-reactive ketones (excluding diaryl/α,β-unsaturated/α-hetero) is 1. The lowest BCUT2D eigenvalue weighted by Gasteiger charge is -2.35. The molecule has 0 rings (SSSR count). The second-order valence-electron chi connectivity index (χ2n) is 7.64. The average molecular weight is 250 g/mol. The first kappa shape index (κ1) is 17.7. The van der Waals surface area contributed by atoms with Crippen molar-refractivity contribution in [1.82, 2.24) is 0 Å². The van der Waals surface area contributed by atoms with Gasteiger partial charge in [0.25, 0.3) is 0 Å². The third-order valence-corrected chi connectivity index (χ3v) is 4.30. The molecule has 0 heterocycles. The Kier molecular flexibility index (Phi) is 6.16. The van der Waals surface area contributed by atoms with Gasteiger partial charge in [-0.25, -0.2) is 0 Å². The third kappa shape index (κ3) is 6.61. The van der Waals surface area contributed by atoms with Crippen molar-refractivity contribution in [3.63, 3.8) is 0 Å². The van der Waals surface area contributed by atoms with Crippen LogP contribution >= 0.6 is 0 Å². The molecule has 1 nitrogen and oxygen atoms in total. The lowest BCUT2D eigenvalue weighted by molar-refractivity contribution is -0.125. The molecule has 0 N–H and O–H groups in total. The van der Waals surface area contributed by atoms with Gasteiger partial charge in [0.2, 0.25) is 0 Å². The van der Waals surface area contributed by atoms with Crippen LogP contribution in [0.15, 0.2) is 0 Å². The Morgan fingerprint density at radius 1 is 1.06 bits per heavy atom. The molecule has 1 atom stereocenters. The third-order valence-electron chi connectivity index (χ3n) is 4.30. The van der Waals surface area contributed by atoms with Gasteiger partial charge in [0, 0.05) is 5.41 Å². The van der Waals surface area contributed by atoms with Crippen LogP contribution in [0.5, 0.6) is 0 Å². The van der Waals surface area contributed by atoms with E-state index in [4.69, 9.17) is 7.85 Å². The number of carbonyl (C=O) groups is 1. The smallest absolute Gasteiger partial charge is 0.135 e. The molecule has 0 aromatic carbocycles. The largest absolute Gasteiger partial charge is 0.299 e.